The third kappa shape index (κ3) is 2.34. The number of carbonyl (C=O) groups is 1. The molecule has 1 aromatic rings. The standard InChI is InChI=1S/C13H19N3O3/c1-8(2)13(12(18)19)4-5-16(7-13)10-6-11(17)15-9(3)14-10/h6,8H,4-5,7H2,1-3H3,(H,18,19)(H,14,15,17). The van der Waals surface area contributed by atoms with Crippen LogP contribution in [0.5, 0.6) is 0 Å². The Morgan fingerprint density at radius 3 is 2.74 bits per heavy atom. The molecule has 0 bridgehead atoms. The summed E-state index contributed by atoms with van der Waals surface area (Å²) in [5, 5.41) is 9.49. The van der Waals surface area contributed by atoms with Gasteiger partial charge in [0.1, 0.15) is 11.6 Å². The highest BCUT2D eigenvalue weighted by Crippen LogP contribution is 2.39. The number of rotatable bonds is 3. The van der Waals surface area contributed by atoms with Crippen molar-refractivity contribution < 1.29 is 9.90 Å². The first kappa shape index (κ1) is 13.6. The van der Waals surface area contributed by atoms with Crippen molar-refractivity contribution in [3.8, 4) is 0 Å². The van der Waals surface area contributed by atoms with Gasteiger partial charge in [-0.15, -0.1) is 0 Å². The van der Waals surface area contributed by atoms with Crippen LogP contribution in [0, 0.1) is 18.3 Å². The molecule has 0 aromatic carbocycles. The molecule has 0 aliphatic carbocycles. The number of hydrogen-bond acceptors (Lipinski definition) is 4. The Morgan fingerprint density at radius 1 is 1.58 bits per heavy atom. The van der Waals surface area contributed by atoms with Crippen LogP contribution in [0.3, 0.4) is 0 Å². The van der Waals surface area contributed by atoms with Gasteiger partial charge in [0, 0.05) is 19.2 Å². The van der Waals surface area contributed by atoms with Crippen LogP contribution in [0.2, 0.25) is 0 Å². The molecular weight excluding hydrogens is 246 g/mol. The lowest BCUT2D eigenvalue weighted by atomic mass is 9.76. The normalized spacial score (nSPS) is 23.1. The topological polar surface area (TPSA) is 86.3 Å². The molecule has 6 nitrogen and oxygen atoms in total. The zero-order chi connectivity index (χ0) is 14.2. The van der Waals surface area contributed by atoms with Crippen LogP contribution in [0.1, 0.15) is 26.1 Å². The molecule has 2 heterocycles. The monoisotopic (exact) mass is 265 g/mol. The van der Waals surface area contributed by atoms with Crippen molar-refractivity contribution in [1.82, 2.24) is 9.97 Å². The van der Waals surface area contributed by atoms with Gasteiger partial charge in [-0.2, -0.15) is 0 Å². The summed E-state index contributed by atoms with van der Waals surface area (Å²) in [7, 11) is 0. The number of aryl methyl sites for hydroxylation is 1. The molecule has 2 rings (SSSR count). The van der Waals surface area contributed by atoms with Crippen molar-refractivity contribution in [3.63, 3.8) is 0 Å². The first-order chi connectivity index (χ1) is 8.85. The molecule has 0 saturated carbocycles. The van der Waals surface area contributed by atoms with E-state index in [1.807, 2.05) is 18.7 Å². The van der Waals surface area contributed by atoms with E-state index in [9.17, 15) is 14.7 Å². The molecular formula is C13H19N3O3. The first-order valence-electron chi connectivity index (χ1n) is 6.41. The lowest BCUT2D eigenvalue weighted by Crippen LogP contribution is -2.39. The van der Waals surface area contributed by atoms with Crippen LogP contribution < -0.4 is 10.5 Å². The number of aromatic nitrogens is 2. The van der Waals surface area contributed by atoms with Gasteiger partial charge in [-0.25, -0.2) is 4.98 Å². The van der Waals surface area contributed by atoms with Crippen LogP contribution >= 0.6 is 0 Å². The van der Waals surface area contributed by atoms with Gasteiger partial charge in [-0.05, 0) is 19.3 Å². The number of anilines is 1. The maximum Gasteiger partial charge on any atom is 0.311 e. The number of aliphatic carboxylic acids is 1. The smallest absolute Gasteiger partial charge is 0.311 e. The van der Waals surface area contributed by atoms with Crippen molar-refractivity contribution in [1.29, 1.82) is 0 Å². The Morgan fingerprint density at radius 2 is 2.26 bits per heavy atom. The van der Waals surface area contributed by atoms with E-state index in [-0.39, 0.29) is 11.5 Å². The Hall–Kier alpha value is -1.85. The van der Waals surface area contributed by atoms with Gasteiger partial charge in [0.05, 0.1) is 5.41 Å². The molecule has 104 valence electrons. The van der Waals surface area contributed by atoms with Crippen molar-refractivity contribution in [2.45, 2.75) is 27.2 Å². The fraction of sp³-hybridized carbons (Fsp3) is 0.615. The number of hydrogen-bond donors (Lipinski definition) is 2. The van der Waals surface area contributed by atoms with E-state index >= 15 is 0 Å². The molecule has 1 aliphatic rings. The summed E-state index contributed by atoms with van der Waals surface area (Å²) in [5.41, 5.74) is -0.960. The van der Waals surface area contributed by atoms with Gasteiger partial charge >= 0.3 is 5.97 Å². The molecule has 2 N–H and O–H groups in total. The van der Waals surface area contributed by atoms with E-state index in [0.717, 1.165) is 0 Å². The summed E-state index contributed by atoms with van der Waals surface area (Å²) in [6.07, 6.45) is 0.577. The summed E-state index contributed by atoms with van der Waals surface area (Å²) in [5.74, 6) is 0.370. The van der Waals surface area contributed by atoms with Crippen molar-refractivity contribution in [2.24, 2.45) is 11.3 Å². The average molecular weight is 265 g/mol. The second kappa shape index (κ2) is 4.68. The molecule has 1 aliphatic heterocycles. The summed E-state index contributed by atoms with van der Waals surface area (Å²) >= 11 is 0. The fourth-order valence-electron chi connectivity index (χ4n) is 2.65. The number of aromatic amines is 1. The van der Waals surface area contributed by atoms with Gasteiger partial charge in [0.2, 0.25) is 0 Å². The molecule has 1 unspecified atom stereocenters. The second-order valence-electron chi connectivity index (χ2n) is 5.48. The maximum atomic E-state index is 11.6. The van der Waals surface area contributed by atoms with Crippen molar-refractivity contribution >= 4 is 11.8 Å². The Labute approximate surface area is 111 Å². The number of carboxylic acids is 1. The lowest BCUT2D eigenvalue weighted by Gasteiger charge is -2.28. The highest BCUT2D eigenvalue weighted by molar-refractivity contribution is 5.77. The lowest BCUT2D eigenvalue weighted by molar-refractivity contribution is -0.150. The minimum absolute atomic E-state index is 0.0399. The molecule has 1 fully saturated rings. The third-order valence-electron chi connectivity index (χ3n) is 4.00. The predicted octanol–water partition coefficient (Wildman–Crippen LogP) is 1.02. The van der Waals surface area contributed by atoms with Crippen LogP contribution in [0.25, 0.3) is 0 Å². The van der Waals surface area contributed by atoms with Gasteiger partial charge in [0.25, 0.3) is 5.56 Å². The van der Waals surface area contributed by atoms with Crippen molar-refractivity contribution in [2.75, 3.05) is 18.0 Å². The third-order valence-corrected chi connectivity index (χ3v) is 4.00. The number of nitrogens with zero attached hydrogens (tertiary/aromatic N) is 2. The Kier molecular flexibility index (Phi) is 3.34. The van der Waals surface area contributed by atoms with Crippen LogP contribution in [-0.4, -0.2) is 34.1 Å². The maximum absolute atomic E-state index is 11.6. The predicted molar refractivity (Wildman–Crippen MR) is 71.3 cm³/mol. The summed E-state index contributed by atoms with van der Waals surface area (Å²) < 4.78 is 0. The summed E-state index contributed by atoms with van der Waals surface area (Å²) in [6, 6.07) is 1.42. The van der Waals surface area contributed by atoms with E-state index in [2.05, 4.69) is 9.97 Å². The summed E-state index contributed by atoms with van der Waals surface area (Å²) in [4.78, 5) is 31.8. The van der Waals surface area contributed by atoms with E-state index in [4.69, 9.17) is 0 Å². The summed E-state index contributed by atoms with van der Waals surface area (Å²) in [6.45, 7) is 6.58. The molecule has 0 amide bonds. The van der Waals surface area contributed by atoms with Gasteiger partial charge in [-0.1, -0.05) is 13.8 Å². The minimum atomic E-state index is -0.772. The molecule has 1 aromatic heterocycles. The molecule has 1 saturated heterocycles. The minimum Gasteiger partial charge on any atom is -0.481 e. The number of carboxylic acid groups (broad SMARTS) is 1. The Bertz CT molecular complexity index is 552. The van der Waals surface area contributed by atoms with E-state index < -0.39 is 11.4 Å². The highest BCUT2D eigenvalue weighted by Gasteiger charge is 2.47. The highest BCUT2D eigenvalue weighted by atomic mass is 16.4. The number of nitrogens with one attached hydrogen (secondary N) is 1. The van der Waals surface area contributed by atoms with Crippen molar-refractivity contribution in [3.05, 3.63) is 22.2 Å². The van der Waals surface area contributed by atoms with Crippen LogP contribution in [0.4, 0.5) is 5.82 Å². The largest absolute Gasteiger partial charge is 0.481 e. The van der Waals surface area contributed by atoms with E-state index in [0.29, 0.717) is 31.2 Å². The van der Waals surface area contributed by atoms with Crippen LogP contribution in [0.15, 0.2) is 10.9 Å². The van der Waals surface area contributed by atoms with E-state index in [1.54, 1.807) is 6.92 Å². The average Bonchev–Trinajstić information content (AvgIpc) is 2.73. The SMILES string of the molecule is Cc1nc(N2CCC(C(=O)O)(C(C)C)C2)cc(=O)[nH]1. The van der Waals surface area contributed by atoms with Gasteiger partial charge < -0.3 is 15.0 Å². The zero-order valence-corrected chi connectivity index (χ0v) is 11.4. The first-order valence-corrected chi connectivity index (χ1v) is 6.41. The quantitative estimate of drug-likeness (QED) is 0.852. The van der Waals surface area contributed by atoms with Gasteiger partial charge in [0.15, 0.2) is 0 Å². The number of H-pyrrole nitrogens is 1. The molecule has 0 radical (unpaired) electrons. The molecule has 19 heavy (non-hydrogen) atoms. The van der Waals surface area contributed by atoms with Crippen LogP contribution in [-0.2, 0) is 4.79 Å². The fourth-order valence-corrected chi connectivity index (χ4v) is 2.65. The molecule has 1 atom stereocenters. The van der Waals surface area contributed by atoms with Gasteiger partial charge in [-0.3, -0.25) is 9.59 Å². The van der Waals surface area contributed by atoms with E-state index in [1.165, 1.54) is 6.07 Å². The zero-order valence-electron chi connectivity index (χ0n) is 11.4. The molecule has 0 spiro atoms. The molecule has 6 heteroatoms. The second-order valence-corrected chi connectivity index (χ2v) is 5.48. The Balaban J connectivity index is 2.31.